The Balaban J connectivity index is 1.37. The second kappa shape index (κ2) is 16.9. The first-order valence-corrected chi connectivity index (χ1v) is 15.5. The van der Waals surface area contributed by atoms with Crippen LogP contribution in [0.15, 0.2) is 24.3 Å². The van der Waals surface area contributed by atoms with E-state index in [1.165, 1.54) is 11.1 Å². The zero-order valence-electron chi connectivity index (χ0n) is 18.7. The average molecular weight is 521 g/mol. The van der Waals surface area contributed by atoms with E-state index in [4.69, 9.17) is 9.47 Å². The molecule has 2 heterocycles. The Kier molecular flexibility index (Phi) is 14.6. The van der Waals surface area contributed by atoms with Gasteiger partial charge in [0.15, 0.2) is 0 Å². The van der Waals surface area contributed by atoms with Gasteiger partial charge in [-0.15, -0.1) is 23.5 Å². The molecule has 0 aromatic heterocycles. The fraction of sp³-hybridized carbons (Fsp3) is 0.727. The molecule has 6 nitrogen and oxygen atoms in total. The van der Waals surface area contributed by atoms with Crippen molar-refractivity contribution in [3.63, 3.8) is 0 Å². The lowest BCUT2D eigenvalue weighted by Crippen LogP contribution is -2.29. The quantitative estimate of drug-likeness (QED) is 0.297. The monoisotopic (exact) mass is 520 g/mol. The van der Waals surface area contributed by atoms with Crippen LogP contribution in [0.5, 0.6) is 0 Å². The van der Waals surface area contributed by atoms with E-state index < -0.39 is 0 Å². The van der Waals surface area contributed by atoms with Gasteiger partial charge in [-0.25, -0.2) is 9.59 Å². The van der Waals surface area contributed by atoms with Gasteiger partial charge >= 0.3 is 12.2 Å². The van der Waals surface area contributed by atoms with Gasteiger partial charge in [0.2, 0.25) is 0 Å². The third-order valence-electron chi connectivity index (χ3n) is 4.71. The first kappa shape index (κ1) is 27.7. The molecular formula is C22H36N2O4S4. The molecule has 2 rings (SSSR count). The van der Waals surface area contributed by atoms with E-state index in [1.54, 1.807) is 0 Å². The molecule has 0 aromatic rings. The first-order chi connectivity index (χ1) is 15.5. The molecule has 2 N–H and O–H groups in total. The normalized spacial score (nSPS) is 21.9. The van der Waals surface area contributed by atoms with Crippen molar-refractivity contribution >= 4 is 59.2 Å². The first-order valence-electron chi connectivity index (χ1n) is 11.1. The number of thioether (sulfide) groups is 4. The van der Waals surface area contributed by atoms with Crippen molar-refractivity contribution in [2.45, 2.75) is 36.2 Å². The molecule has 0 bridgehead atoms. The number of amides is 2. The Bertz CT molecular complexity index is 569. The minimum absolute atomic E-state index is 0.336. The third-order valence-corrected chi connectivity index (χ3v) is 10.3. The van der Waals surface area contributed by atoms with Crippen LogP contribution in [0.1, 0.15) is 25.7 Å². The number of hydrogen-bond acceptors (Lipinski definition) is 8. The van der Waals surface area contributed by atoms with Crippen LogP contribution in [0.2, 0.25) is 0 Å². The van der Waals surface area contributed by atoms with Gasteiger partial charge in [0, 0.05) is 58.1 Å². The van der Waals surface area contributed by atoms with E-state index in [1.807, 2.05) is 47.0 Å². The van der Waals surface area contributed by atoms with Crippen LogP contribution in [0.25, 0.3) is 0 Å². The second-order valence-corrected chi connectivity index (χ2v) is 12.5. The highest BCUT2D eigenvalue weighted by Gasteiger charge is 2.17. The molecule has 2 atom stereocenters. The van der Waals surface area contributed by atoms with Gasteiger partial charge in [-0.2, -0.15) is 23.5 Å². The van der Waals surface area contributed by atoms with Gasteiger partial charge in [-0.1, -0.05) is 37.1 Å². The molecule has 2 amide bonds. The molecule has 2 aliphatic rings. The fourth-order valence-corrected chi connectivity index (χ4v) is 7.75. The van der Waals surface area contributed by atoms with Crippen LogP contribution in [-0.4, -0.2) is 83.5 Å². The number of rotatable bonds is 11. The van der Waals surface area contributed by atoms with Gasteiger partial charge in [0.1, 0.15) is 13.2 Å². The van der Waals surface area contributed by atoms with Crippen LogP contribution in [-0.2, 0) is 9.47 Å². The number of unbranched alkanes of at least 4 members (excludes halogenated alkanes) is 3. The van der Waals surface area contributed by atoms with Crippen LogP contribution < -0.4 is 10.6 Å². The highest BCUT2D eigenvalue weighted by molar-refractivity contribution is 8.04. The van der Waals surface area contributed by atoms with Crippen LogP contribution in [0.4, 0.5) is 9.59 Å². The maximum absolute atomic E-state index is 11.8. The summed E-state index contributed by atoms with van der Waals surface area (Å²) in [6.45, 7) is 10.2. The largest absolute Gasteiger partial charge is 0.448 e. The van der Waals surface area contributed by atoms with Gasteiger partial charge in [-0.05, 0) is 12.8 Å². The summed E-state index contributed by atoms with van der Waals surface area (Å²) in [5.41, 5.74) is 2.50. The smallest absolute Gasteiger partial charge is 0.407 e. The third kappa shape index (κ3) is 13.2. The average Bonchev–Trinajstić information content (AvgIpc) is 3.12. The SMILES string of the molecule is C=C1CSCC(COC(=O)NCCCCCCNC(=O)OCC2CSCC(=C)CS2)SC1. The Hall–Kier alpha value is -0.580. The number of carbonyl (C=O) groups excluding carboxylic acids is 2. The van der Waals surface area contributed by atoms with Crippen molar-refractivity contribution in [2.24, 2.45) is 0 Å². The predicted molar refractivity (Wildman–Crippen MR) is 143 cm³/mol. The molecule has 0 radical (unpaired) electrons. The van der Waals surface area contributed by atoms with E-state index in [2.05, 4.69) is 23.8 Å². The summed E-state index contributed by atoms with van der Waals surface area (Å²) in [5, 5.41) is 6.32. The summed E-state index contributed by atoms with van der Waals surface area (Å²) in [6, 6.07) is 0. The van der Waals surface area contributed by atoms with Gasteiger partial charge in [0.25, 0.3) is 0 Å². The highest BCUT2D eigenvalue weighted by Crippen LogP contribution is 2.26. The summed E-state index contributed by atoms with van der Waals surface area (Å²) >= 11 is 7.35. The minimum atomic E-state index is -0.336. The maximum Gasteiger partial charge on any atom is 0.407 e. The number of hydrogen-bond donors (Lipinski definition) is 2. The molecule has 182 valence electrons. The van der Waals surface area contributed by atoms with E-state index in [-0.39, 0.29) is 12.2 Å². The molecular weight excluding hydrogens is 485 g/mol. The number of nitrogens with one attached hydrogen (secondary N) is 2. The van der Waals surface area contributed by atoms with Crippen molar-refractivity contribution in [2.75, 3.05) is 60.8 Å². The molecule has 0 aromatic carbocycles. The molecule has 2 saturated heterocycles. The summed E-state index contributed by atoms with van der Waals surface area (Å²) in [4.78, 5) is 23.6. The Morgan fingerprint density at radius 2 is 1.19 bits per heavy atom. The molecule has 32 heavy (non-hydrogen) atoms. The minimum Gasteiger partial charge on any atom is -0.448 e. The lowest BCUT2D eigenvalue weighted by atomic mass is 10.2. The van der Waals surface area contributed by atoms with Crippen LogP contribution >= 0.6 is 47.0 Å². The predicted octanol–water partition coefficient (Wildman–Crippen LogP) is 4.81. The lowest BCUT2D eigenvalue weighted by molar-refractivity contribution is 0.146. The number of ether oxygens (including phenoxy) is 2. The van der Waals surface area contributed by atoms with Crippen molar-refractivity contribution in [1.82, 2.24) is 10.6 Å². The van der Waals surface area contributed by atoms with Crippen molar-refractivity contribution in [3.05, 3.63) is 24.3 Å². The van der Waals surface area contributed by atoms with Crippen molar-refractivity contribution in [3.8, 4) is 0 Å². The summed E-state index contributed by atoms with van der Waals surface area (Å²) in [7, 11) is 0. The van der Waals surface area contributed by atoms with Crippen molar-refractivity contribution in [1.29, 1.82) is 0 Å². The Morgan fingerprint density at radius 3 is 1.62 bits per heavy atom. The summed E-state index contributed by atoms with van der Waals surface area (Å²) < 4.78 is 10.7. The second-order valence-electron chi connectivity index (χ2n) is 7.86. The van der Waals surface area contributed by atoms with Crippen molar-refractivity contribution < 1.29 is 19.1 Å². The van der Waals surface area contributed by atoms with E-state index >= 15 is 0 Å². The van der Waals surface area contributed by atoms with Gasteiger partial charge < -0.3 is 20.1 Å². The molecule has 2 fully saturated rings. The standard InChI is InChI=1S/C22H36N2O4S4/c1-17-11-29-15-19(31-13-17)9-27-21(25)23-7-5-3-4-6-8-24-22(26)28-10-20-16-30-12-18(2)14-32-20/h19-20H,1-16H2,(H,23,25)(H,24,26). The van der Waals surface area contributed by atoms with Crippen LogP contribution in [0, 0.1) is 0 Å². The van der Waals surface area contributed by atoms with Gasteiger partial charge in [0.05, 0.1) is 0 Å². The summed E-state index contributed by atoms with van der Waals surface area (Å²) in [6.07, 6.45) is 3.11. The van der Waals surface area contributed by atoms with Gasteiger partial charge in [-0.3, -0.25) is 0 Å². The zero-order chi connectivity index (χ0) is 23.0. The molecule has 10 heteroatoms. The molecule has 2 unspecified atom stereocenters. The fourth-order valence-electron chi connectivity index (χ4n) is 2.94. The van der Waals surface area contributed by atoms with E-state index in [0.717, 1.165) is 60.2 Å². The van der Waals surface area contributed by atoms with E-state index in [9.17, 15) is 9.59 Å². The molecule has 0 aliphatic carbocycles. The molecule has 0 spiro atoms. The molecule has 2 aliphatic heterocycles. The topological polar surface area (TPSA) is 76.7 Å². The Morgan fingerprint density at radius 1 is 0.750 bits per heavy atom. The van der Waals surface area contributed by atoms with E-state index in [0.29, 0.717) is 36.8 Å². The maximum atomic E-state index is 11.8. The molecule has 0 saturated carbocycles. The number of alkyl carbamates (subject to hydrolysis) is 2. The Labute approximate surface area is 209 Å². The lowest BCUT2D eigenvalue weighted by Gasteiger charge is -2.14. The number of carbonyl (C=O) groups is 2. The summed E-state index contributed by atoms with van der Waals surface area (Å²) in [5.74, 6) is 5.89. The zero-order valence-corrected chi connectivity index (χ0v) is 22.0. The van der Waals surface area contributed by atoms with Crippen LogP contribution in [0.3, 0.4) is 0 Å². The highest BCUT2D eigenvalue weighted by atomic mass is 32.2.